The van der Waals surface area contributed by atoms with Crippen LogP contribution < -0.4 is 5.32 Å². The number of amides is 2. The third-order valence-corrected chi connectivity index (χ3v) is 6.35. The van der Waals surface area contributed by atoms with E-state index < -0.39 is 0 Å². The highest BCUT2D eigenvalue weighted by atomic mass is 16.2. The van der Waals surface area contributed by atoms with E-state index in [4.69, 9.17) is 4.98 Å². The van der Waals surface area contributed by atoms with Crippen LogP contribution >= 0.6 is 0 Å². The summed E-state index contributed by atoms with van der Waals surface area (Å²) < 4.78 is 2.13. The fourth-order valence-corrected chi connectivity index (χ4v) is 4.63. The minimum absolute atomic E-state index is 0.00396. The highest BCUT2D eigenvalue weighted by Crippen LogP contribution is 2.32. The van der Waals surface area contributed by atoms with Gasteiger partial charge in [0.25, 0.3) is 5.91 Å². The van der Waals surface area contributed by atoms with E-state index in [0.29, 0.717) is 18.1 Å². The second-order valence-electron chi connectivity index (χ2n) is 9.49. The Hall–Kier alpha value is -3.52. The fraction of sp³-hybridized carbons (Fsp3) is 0.407. The minimum Gasteiger partial charge on any atom is -0.337 e. The number of aryl methyl sites for hydroxylation is 2. The van der Waals surface area contributed by atoms with E-state index in [-0.39, 0.29) is 17.9 Å². The molecule has 0 bridgehead atoms. The molecule has 4 rings (SSSR count). The summed E-state index contributed by atoms with van der Waals surface area (Å²) >= 11 is 0. The van der Waals surface area contributed by atoms with Crippen LogP contribution in [0.5, 0.6) is 0 Å². The number of benzene rings is 1. The largest absolute Gasteiger partial charge is 0.337 e. The molecule has 0 radical (unpaired) electrons. The maximum absolute atomic E-state index is 13.1. The van der Waals surface area contributed by atoms with E-state index in [0.717, 1.165) is 54.6 Å². The average Bonchev–Trinajstić information content (AvgIpc) is 3.01. The van der Waals surface area contributed by atoms with Crippen LogP contribution in [0.25, 0.3) is 11.0 Å². The number of carbonyl (C=O) groups is 2. The number of nitrogens with one attached hydrogen (secondary N) is 1. The van der Waals surface area contributed by atoms with Crippen LogP contribution in [0.1, 0.15) is 46.9 Å². The minimum atomic E-state index is -0.224. The van der Waals surface area contributed by atoms with Gasteiger partial charge in [0.2, 0.25) is 11.9 Å². The van der Waals surface area contributed by atoms with Crippen molar-refractivity contribution in [1.82, 2.24) is 24.3 Å². The first-order valence-electron chi connectivity index (χ1n) is 12.1. The maximum atomic E-state index is 13.1. The van der Waals surface area contributed by atoms with Crippen LogP contribution in [0.3, 0.4) is 0 Å². The van der Waals surface area contributed by atoms with Crippen molar-refractivity contribution < 1.29 is 9.59 Å². The number of hydrogen-bond acceptors (Lipinski definition) is 5. The molecule has 1 aliphatic heterocycles. The summed E-state index contributed by atoms with van der Waals surface area (Å²) in [5, 5.41) is 3.04. The van der Waals surface area contributed by atoms with Gasteiger partial charge in [-0.1, -0.05) is 18.2 Å². The summed E-state index contributed by atoms with van der Waals surface area (Å²) in [5.74, 6) is 0.312. The molecule has 1 fully saturated rings. The monoisotopic (exact) mass is 474 g/mol. The number of pyridine rings is 1. The zero-order chi connectivity index (χ0) is 24.9. The molecule has 0 saturated carbocycles. The Morgan fingerprint density at radius 1 is 1.20 bits per heavy atom. The Morgan fingerprint density at radius 2 is 2.03 bits per heavy atom. The van der Waals surface area contributed by atoms with Gasteiger partial charge in [0, 0.05) is 43.2 Å². The van der Waals surface area contributed by atoms with E-state index in [1.54, 1.807) is 24.4 Å². The molecule has 1 aliphatic rings. The van der Waals surface area contributed by atoms with Crippen LogP contribution in [-0.2, 0) is 4.79 Å². The number of rotatable bonds is 6. The first-order valence-corrected chi connectivity index (χ1v) is 12.1. The number of para-hydroxylation sites is 1. The van der Waals surface area contributed by atoms with Gasteiger partial charge in [0.05, 0.1) is 17.1 Å². The predicted octanol–water partition coefficient (Wildman–Crippen LogP) is 3.97. The standard InChI is InChI=1S/C27H34N6O2/c1-19-9-7-11-23-25(19)33(27(29-23)30-26(35)21-13-14-28-20(2)17-21)22-10-5-6-16-32(18-22)24(34)12-8-15-31(3)4/h7-9,11-14,17,22H,5-6,10,15-16,18H2,1-4H3,(H,29,30,35)/b12-8-/t22-/m1/s1. The van der Waals surface area contributed by atoms with Crippen molar-refractivity contribution >= 4 is 28.8 Å². The summed E-state index contributed by atoms with van der Waals surface area (Å²) in [7, 11) is 3.96. The SMILES string of the molecule is Cc1cc(C(=O)Nc2nc3cccc(C)c3n2[C@@H]2CCCCN(C(=O)/C=C\CN(C)C)C2)ccn1. The highest BCUT2D eigenvalue weighted by molar-refractivity contribution is 6.04. The Labute approximate surface area is 206 Å². The molecule has 0 unspecified atom stereocenters. The third-order valence-electron chi connectivity index (χ3n) is 6.35. The number of nitrogens with zero attached hydrogens (tertiary/aromatic N) is 5. The molecule has 3 aromatic rings. The molecule has 0 spiro atoms. The molecule has 8 heteroatoms. The molecule has 1 N–H and O–H groups in total. The lowest BCUT2D eigenvalue weighted by Gasteiger charge is -2.26. The zero-order valence-electron chi connectivity index (χ0n) is 21.0. The van der Waals surface area contributed by atoms with Crippen molar-refractivity contribution in [1.29, 1.82) is 0 Å². The summed E-state index contributed by atoms with van der Waals surface area (Å²) in [6.45, 7) is 5.94. The molecule has 0 aliphatic carbocycles. The van der Waals surface area contributed by atoms with Crippen molar-refractivity contribution in [3.63, 3.8) is 0 Å². The molecule has 2 amide bonds. The van der Waals surface area contributed by atoms with E-state index in [2.05, 4.69) is 27.9 Å². The third kappa shape index (κ3) is 5.77. The van der Waals surface area contributed by atoms with Crippen molar-refractivity contribution in [3.05, 3.63) is 65.5 Å². The van der Waals surface area contributed by atoms with Gasteiger partial charge in [0.1, 0.15) is 0 Å². The molecule has 2 aromatic heterocycles. The summed E-state index contributed by atoms with van der Waals surface area (Å²) in [5.41, 5.74) is 4.23. The topological polar surface area (TPSA) is 83.4 Å². The smallest absolute Gasteiger partial charge is 0.258 e. The molecule has 8 nitrogen and oxygen atoms in total. The van der Waals surface area contributed by atoms with Crippen molar-refractivity contribution in [2.45, 2.75) is 39.2 Å². The van der Waals surface area contributed by atoms with E-state index in [1.807, 2.05) is 49.0 Å². The van der Waals surface area contributed by atoms with Gasteiger partial charge in [-0.25, -0.2) is 4.98 Å². The molecule has 35 heavy (non-hydrogen) atoms. The molecule has 3 heterocycles. The number of imidazole rings is 1. The van der Waals surface area contributed by atoms with Gasteiger partial charge in [0.15, 0.2) is 0 Å². The second-order valence-corrected chi connectivity index (χ2v) is 9.49. The van der Waals surface area contributed by atoms with Gasteiger partial charge in [-0.3, -0.25) is 19.9 Å². The molecular formula is C27H34N6O2. The molecule has 1 atom stereocenters. The lowest BCUT2D eigenvalue weighted by atomic mass is 10.1. The summed E-state index contributed by atoms with van der Waals surface area (Å²) in [6, 6.07) is 9.47. The van der Waals surface area contributed by atoms with E-state index >= 15 is 0 Å². The number of aromatic nitrogens is 3. The Balaban J connectivity index is 1.68. The van der Waals surface area contributed by atoms with Crippen LogP contribution in [0.15, 0.2) is 48.7 Å². The van der Waals surface area contributed by atoms with E-state index in [1.165, 1.54) is 0 Å². The zero-order valence-corrected chi connectivity index (χ0v) is 21.0. The molecule has 1 saturated heterocycles. The highest BCUT2D eigenvalue weighted by Gasteiger charge is 2.27. The normalized spacial score (nSPS) is 16.7. The molecule has 1 aromatic carbocycles. The second kappa shape index (κ2) is 10.8. The quantitative estimate of drug-likeness (QED) is 0.547. The first-order chi connectivity index (χ1) is 16.8. The number of likely N-dealkylation sites (tertiary alicyclic amines) is 1. The van der Waals surface area contributed by atoms with E-state index in [9.17, 15) is 9.59 Å². The number of hydrogen-bond donors (Lipinski definition) is 1. The maximum Gasteiger partial charge on any atom is 0.258 e. The Bertz CT molecular complexity index is 1250. The van der Waals surface area contributed by atoms with Crippen LogP contribution in [0.2, 0.25) is 0 Å². The Morgan fingerprint density at radius 3 is 2.80 bits per heavy atom. The van der Waals surface area contributed by atoms with Gasteiger partial charge < -0.3 is 14.4 Å². The summed E-state index contributed by atoms with van der Waals surface area (Å²) in [6.07, 6.45) is 8.07. The van der Waals surface area contributed by atoms with Gasteiger partial charge >= 0.3 is 0 Å². The van der Waals surface area contributed by atoms with Crippen molar-refractivity contribution in [2.24, 2.45) is 0 Å². The van der Waals surface area contributed by atoms with Crippen LogP contribution in [0, 0.1) is 13.8 Å². The summed E-state index contributed by atoms with van der Waals surface area (Å²) in [4.78, 5) is 39.0. The molecule has 184 valence electrons. The first kappa shape index (κ1) is 24.6. The predicted molar refractivity (Wildman–Crippen MR) is 139 cm³/mol. The van der Waals surface area contributed by atoms with Crippen molar-refractivity contribution in [3.8, 4) is 0 Å². The Kier molecular flexibility index (Phi) is 7.60. The van der Waals surface area contributed by atoms with Crippen LogP contribution in [-0.4, -0.2) is 69.9 Å². The fourth-order valence-electron chi connectivity index (χ4n) is 4.63. The lowest BCUT2D eigenvalue weighted by molar-refractivity contribution is -0.126. The van der Waals surface area contributed by atoms with Gasteiger partial charge in [-0.15, -0.1) is 0 Å². The number of carbonyl (C=O) groups excluding carboxylic acids is 2. The van der Waals surface area contributed by atoms with Crippen molar-refractivity contribution in [2.75, 3.05) is 39.0 Å². The lowest BCUT2D eigenvalue weighted by Crippen LogP contribution is -2.35. The number of fused-ring (bicyclic) bond motifs is 1. The average molecular weight is 475 g/mol. The number of anilines is 1. The van der Waals surface area contributed by atoms with Gasteiger partial charge in [-0.2, -0.15) is 0 Å². The van der Waals surface area contributed by atoms with Gasteiger partial charge in [-0.05, 0) is 71.0 Å². The number of likely N-dealkylation sites (N-methyl/N-ethyl adjacent to an activating group) is 1. The van der Waals surface area contributed by atoms with Crippen LogP contribution in [0.4, 0.5) is 5.95 Å². The molecular weight excluding hydrogens is 440 g/mol.